The predicted molar refractivity (Wildman–Crippen MR) is 101 cm³/mol. The molecule has 1 aromatic carbocycles. The number of carbonyl (C=O) groups is 2. The molecule has 27 heavy (non-hydrogen) atoms. The highest BCUT2D eigenvalue weighted by molar-refractivity contribution is 7.91. The summed E-state index contributed by atoms with van der Waals surface area (Å²) in [5.74, 6) is -0.283. The number of benzene rings is 1. The van der Waals surface area contributed by atoms with Crippen molar-refractivity contribution < 1.29 is 22.7 Å². The van der Waals surface area contributed by atoms with Gasteiger partial charge in [0, 0.05) is 31.6 Å². The van der Waals surface area contributed by atoms with E-state index in [1.807, 2.05) is 0 Å². The van der Waals surface area contributed by atoms with Crippen molar-refractivity contribution in [2.24, 2.45) is 0 Å². The number of esters is 1. The number of carbonyl (C=O) groups excluding carboxylic acids is 2. The van der Waals surface area contributed by atoms with Crippen LogP contribution in [0.25, 0.3) is 0 Å². The van der Waals surface area contributed by atoms with Gasteiger partial charge < -0.3 is 9.64 Å². The van der Waals surface area contributed by atoms with Crippen molar-refractivity contribution in [3.63, 3.8) is 0 Å². The third kappa shape index (κ3) is 4.94. The first-order valence-corrected chi connectivity index (χ1v) is 10.8. The van der Waals surface area contributed by atoms with Gasteiger partial charge in [0.05, 0.1) is 0 Å². The van der Waals surface area contributed by atoms with E-state index in [2.05, 4.69) is 4.72 Å². The van der Waals surface area contributed by atoms with Crippen LogP contribution in [-0.4, -0.2) is 44.3 Å². The second kappa shape index (κ2) is 8.20. The number of rotatable bonds is 5. The zero-order chi connectivity index (χ0) is 19.4. The van der Waals surface area contributed by atoms with Crippen LogP contribution in [0.15, 0.2) is 46.0 Å². The van der Waals surface area contributed by atoms with Gasteiger partial charge in [-0.05, 0) is 42.5 Å². The van der Waals surface area contributed by atoms with Crippen molar-refractivity contribution >= 4 is 33.2 Å². The molecular formula is C18H20N2O5S2. The highest BCUT2D eigenvalue weighted by Gasteiger charge is 2.27. The fourth-order valence-electron chi connectivity index (χ4n) is 2.94. The molecule has 0 saturated carbocycles. The molecule has 0 atom stereocenters. The standard InChI is InChI=1S/C18H20N2O5S2/c1-13(21)25-16-5-2-4-14(12-16)18(22)20-9-7-15(8-10-20)19-27(23,24)17-6-3-11-26-17/h2-6,11-12,15,19H,7-10H2,1H3. The first kappa shape index (κ1) is 19.5. The quantitative estimate of drug-likeness (QED) is 0.605. The number of nitrogens with one attached hydrogen (secondary N) is 1. The van der Waals surface area contributed by atoms with E-state index in [0.29, 0.717) is 41.5 Å². The van der Waals surface area contributed by atoms with E-state index < -0.39 is 16.0 Å². The second-order valence-corrected chi connectivity index (χ2v) is 9.13. The van der Waals surface area contributed by atoms with E-state index in [1.54, 1.807) is 40.6 Å². The fraction of sp³-hybridized carbons (Fsp3) is 0.333. The SMILES string of the molecule is CC(=O)Oc1cccc(C(=O)N2CCC(NS(=O)(=O)c3cccs3)CC2)c1. The van der Waals surface area contributed by atoms with Gasteiger partial charge >= 0.3 is 5.97 Å². The topological polar surface area (TPSA) is 92.8 Å². The van der Waals surface area contributed by atoms with Crippen LogP contribution in [0.4, 0.5) is 0 Å². The van der Waals surface area contributed by atoms with E-state index in [0.717, 1.165) is 0 Å². The van der Waals surface area contributed by atoms with Gasteiger partial charge in [-0.15, -0.1) is 11.3 Å². The molecule has 0 radical (unpaired) electrons. The average molecular weight is 409 g/mol. The summed E-state index contributed by atoms with van der Waals surface area (Å²) in [6, 6.07) is 9.55. The summed E-state index contributed by atoms with van der Waals surface area (Å²) in [6.45, 7) is 2.21. The highest BCUT2D eigenvalue weighted by Crippen LogP contribution is 2.21. The van der Waals surface area contributed by atoms with E-state index in [-0.39, 0.29) is 11.9 Å². The number of nitrogens with zero attached hydrogens (tertiary/aromatic N) is 1. The van der Waals surface area contributed by atoms with Crippen LogP contribution in [0.2, 0.25) is 0 Å². The molecular weight excluding hydrogens is 388 g/mol. The first-order chi connectivity index (χ1) is 12.8. The number of piperidine rings is 1. The Morgan fingerprint density at radius 2 is 1.93 bits per heavy atom. The minimum absolute atomic E-state index is 0.163. The van der Waals surface area contributed by atoms with Crippen LogP contribution in [0, 0.1) is 0 Å². The Morgan fingerprint density at radius 1 is 1.19 bits per heavy atom. The minimum Gasteiger partial charge on any atom is -0.427 e. The van der Waals surface area contributed by atoms with Crippen LogP contribution in [-0.2, 0) is 14.8 Å². The van der Waals surface area contributed by atoms with Gasteiger partial charge in [-0.2, -0.15) is 0 Å². The summed E-state index contributed by atoms with van der Waals surface area (Å²) >= 11 is 1.18. The Hall–Kier alpha value is -2.23. The summed E-state index contributed by atoms with van der Waals surface area (Å²) in [4.78, 5) is 25.4. The van der Waals surface area contributed by atoms with E-state index in [4.69, 9.17) is 4.74 Å². The molecule has 7 nitrogen and oxygen atoms in total. The molecule has 1 saturated heterocycles. The molecule has 0 bridgehead atoms. The molecule has 0 unspecified atom stereocenters. The maximum Gasteiger partial charge on any atom is 0.308 e. The highest BCUT2D eigenvalue weighted by atomic mass is 32.2. The summed E-state index contributed by atoms with van der Waals surface area (Å²) < 4.78 is 32.6. The molecule has 3 rings (SSSR count). The van der Waals surface area contributed by atoms with Gasteiger partial charge in [-0.1, -0.05) is 12.1 Å². The van der Waals surface area contributed by atoms with E-state index in [1.165, 1.54) is 24.3 Å². The van der Waals surface area contributed by atoms with Gasteiger partial charge in [-0.3, -0.25) is 9.59 Å². The number of thiophene rings is 1. The maximum atomic E-state index is 12.7. The van der Waals surface area contributed by atoms with Crippen LogP contribution >= 0.6 is 11.3 Å². The third-order valence-electron chi connectivity index (χ3n) is 4.21. The summed E-state index contributed by atoms with van der Waals surface area (Å²) in [6.07, 6.45) is 1.08. The molecule has 1 aliphatic heterocycles. The predicted octanol–water partition coefficient (Wildman–Crippen LogP) is 2.26. The number of hydrogen-bond donors (Lipinski definition) is 1. The molecule has 2 aromatic rings. The van der Waals surface area contributed by atoms with E-state index >= 15 is 0 Å². The van der Waals surface area contributed by atoms with Gasteiger partial charge in [0.1, 0.15) is 9.96 Å². The van der Waals surface area contributed by atoms with E-state index in [9.17, 15) is 18.0 Å². The van der Waals surface area contributed by atoms with Gasteiger partial charge in [0.25, 0.3) is 5.91 Å². The van der Waals surface area contributed by atoms with Crippen molar-refractivity contribution in [1.29, 1.82) is 0 Å². The largest absolute Gasteiger partial charge is 0.427 e. The molecule has 0 aliphatic carbocycles. The molecule has 2 heterocycles. The van der Waals surface area contributed by atoms with Gasteiger partial charge in [-0.25, -0.2) is 13.1 Å². The van der Waals surface area contributed by atoms with Crippen molar-refractivity contribution in [1.82, 2.24) is 9.62 Å². The summed E-state index contributed by atoms with van der Waals surface area (Å²) in [7, 11) is -3.51. The Kier molecular flexibility index (Phi) is 5.93. The zero-order valence-corrected chi connectivity index (χ0v) is 16.4. The molecule has 1 aliphatic rings. The Labute approximate surface area is 162 Å². The summed E-state index contributed by atoms with van der Waals surface area (Å²) in [5.41, 5.74) is 0.436. The molecule has 9 heteroatoms. The molecule has 1 aromatic heterocycles. The molecule has 144 valence electrons. The minimum atomic E-state index is -3.51. The average Bonchev–Trinajstić information content (AvgIpc) is 3.17. The zero-order valence-electron chi connectivity index (χ0n) is 14.8. The lowest BCUT2D eigenvalue weighted by Gasteiger charge is -2.32. The van der Waals surface area contributed by atoms with Crippen molar-refractivity contribution in [2.45, 2.75) is 30.0 Å². The fourth-order valence-corrected chi connectivity index (χ4v) is 5.25. The Morgan fingerprint density at radius 3 is 2.56 bits per heavy atom. The van der Waals surface area contributed by atoms with Crippen LogP contribution < -0.4 is 9.46 Å². The Balaban J connectivity index is 1.59. The van der Waals surface area contributed by atoms with Crippen LogP contribution in [0.3, 0.4) is 0 Å². The number of likely N-dealkylation sites (tertiary alicyclic amines) is 1. The number of ether oxygens (including phenoxy) is 1. The van der Waals surface area contributed by atoms with Crippen molar-refractivity contribution in [3.05, 3.63) is 47.3 Å². The van der Waals surface area contributed by atoms with Crippen molar-refractivity contribution in [3.8, 4) is 5.75 Å². The van der Waals surface area contributed by atoms with Gasteiger partial charge in [0.2, 0.25) is 10.0 Å². The molecule has 1 N–H and O–H groups in total. The molecule has 1 fully saturated rings. The Bertz CT molecular complexity index is 917. The lowest BCUT2D eigenvalue weighted by molar-refractivity contribution is -0.131. The van der Waals surface area contributed by atoms with Crippen LogP contribution in [0.1, 0.15) is 30.1 Å². The normalized spacial score (nSPS) is 15.5. The van der Waals surface area contributed by atoms with Gasteiger partial charge in [0.15, 0.2) is 0 Å². The first-order valence-electron chi connectivity index (χ1n) is 8.49. The molecule has 1 amide bonds. The lowest BCUT2D eigenvalue weighted by Crippen LogP contribution is -2.46. The molecule has 0 spiro atoms. The van der Waals surface area contributed by atoms with Crippen molar-refractivity contribution in [2.75, 3.05) is 13.1 Å². The lowest BCUT2D eigenvalue weighted by atomic mass is 10.0. The maximum absolute atomic E-state index is 12.7. The van der Waals surface area contributed by atoms with Crippen LogP contribution in [0.5, 0.6) is 5.75 Å². The summed E-state index contributed by atoms with van der Waals surface area (Å²) in [5, 5.41) is 1.72. The number of hydrogen-bond acceptors (Lipinski definition) is 6. The second-order valence-electron chi connectivity index (χ2n) is 6.24. The smallest absolute Gasteiger partial charge is 0.308 e. The third-order valence-corrected chi connectivity index (χ3v) is 7.12. The number of sulfonamides is 1. The number of amides is 1. The monoisotopic (exact) mass is 408 g/mol.